The van der Waals surface area contributed by atoms with Crippen LogP contribution in [-0.4, -0.2) is 41.6 Å². The van der Waals surface area contributed by atoms with Crippen LogP contribution in [0.15, 0.2) is 42.5 Å². The van der Waals surface area contributed by atoms with Crippen LogP contribution in [-0.2, 0) is 14.3 Å². The molecular weight excluding hydrogens is 475 g/mol. The van der Waals surface area contributed by atoms with Crippen LogP contribution < -0.4 is 5.32 Å². The minimum atomic E-state index is -0.636. The number of amides is 2. The Morgan fingerprint density at radius 1 is 1.05 bits per heavy atom. The van der Waals surface area contributed by atoms with Gasteiger partial charge in [0.1, 0.15) is 11.4 Å². The van der Waals surface area contributed by atoms with Crippen LogP contribution in [0, 0.1) is 24.6 Å². The third kappa shape index (κ3) is 5.63. The fourth-order valence-corrected chi connectivity index (χ4v) is 5.78. The lowest BCUT2D eigenvalue weighted by atomic mass is 9.76. The number of aryl methyl sites for hydroxylation is 1. The van der Waals surface area contributed by atoms with Crippen LogP contribution in [0.2, 0.25) is 0 Å². The van der Waals surface area contributed by atoms with Crippen LogP contribution >= 0.6 is 0 Å². The van der Waals surface area contributed by atoms with E-state index >= 15 is 0 Å². The van der Waals surface area contributed by atoms with Crippen molar-refractivity contribution in [2.45, 2.75) is 71.1 Å². The predicted molar refractivity (Wildman–Crippen MR) is 138 cm³/mol. The first-order valence-electron chi connectivity index (χ1n) is 12.8. The van der Waals surface area contributed by atoms with E-state index in [-0.39, 0.29) is 17.5 Å². The van der Waals surface area contributed by atoms with Gasteiger partial charge in [0.05, 0.1) is 24.6 Å². The van der Waals surface area contributed by atoms with E-state index in [1.54, 1.807) is 69.0 Å². The summed E-state index contributed by atoms with van der Waals surface area (Å²) >= 11 is 0. The van der Waals surface area contributed by atoms with E-state index in [1.807, 2.05) is 0 Å². The van der Waals surface area contributed by atoms with Crippen LogP contribution in [0.1, 0.15) is 74.0 Å². The van der Waals surface area contributed by atoms with Gasteiger partial charge >= 0.3 is 12.1 Å². The van der Waals surface area contributed by atoms with E-state index in [1.165, 1.54) is 13.2 Å². The second kappa shape index (κ2) is 10.5. The molecule has 1 aliphatic carbocycles. The molecule has 198 valence electrons. The Hall–Kier alpha value is -3.42. The molecule has 1 N–H and O–H groups in total. The molecule has 8 heteroatoms. The number of carbonyl (C=O) groups is 3. The first kappa shape index (κ1) is 26.6. The van der Waals surface area contributed by atoms with Gasteiger partial charge in [0.2, 0.25) is 0 Å². The fraction of sp³-hybridized carbons (Fsp3) is 0.483. The summed E-state index contributed by atoms with van der Waals surface area (Å²) in [4.78, 5) is 41.0. The molecule has 2 aromatic carbocycles. The number of rotatable bonds is 4. The zero-order valence-corrected chi connectivity index (χ0v) is 22.0. The molecule has 37 heavy (non-hydrogen) atoms. The molecular formula is C29H35FN2O5. The number of carbonyl (C=O) groups excluding carboxylic acids is 3. The molecule has 0 spiro atoms. The van der Waals surface area contributed by atoms with Gasteiger partial charge in [-0.2, -0.15) is 0 Å². The Balaban J connectivity index is 1.73. The molecule has 2 aromatic rings. The average Bonchev–Trinajstić information content (AvgIpc) is 3.30. The van der Waals surface area contributed by atoms with Crippen molar-refractivity contribution in [1.29, 1.82) is 0 Å². The van der Waals surface area contributed by atoms with Crippen molar-refractivity contribution in [3.05, 3.63) is 65.0 Å². The van der Waals surface area contributed by atoms with Gasteiger partial charge in [-0.3, -0.25) is 14.9 Å². The minimum Gasteiger partial charge on any atom is -0.469 e. The lowest BCUT2D eigenvalue weighted by Crippen LogP contribution is -2.53. The number of benzene rings is 2. The number of nitrogens with one attached hydrogen (secondary N) is 1. The Labute approximate surface area is 217 Å². The molecule has 1 saturated heterocycles. The van der Waals surface area contributed by atoms with Crippen LogP contribution in [0.4, 0.5) is 14.9 Å². The normalized spacial score (nSPS) is 23.2. The quantitative estimate of drug-likeness (QED) is 0.508. The third-order valence-corrected chi connectivity index (χ3v) is 7.29. The summed E-state index contributed by atoms with van der Waals surface area (Å²) in [6.45, 7) is 7.07. The first-order valence-corrected chi connectivity index (χ1v) is 12.8. The van der Waals surface area contributed by atoms with Crippen LogP contribution in [0.25, 0.3) is 0 Å². The summed E-state index contributed by atoms with van der Waals surface area (Å²) in [5, 5.41) is 2.70. The van der Waals surface area contributed by atoms with Gasteiger partial charge in [0, 0.05) is 11.7 Å². The monoisotopic (exact) mass is 510 g/mol. The summed E-state index contributed by atoms with van der Waals surface area (Å²) in [7, 11) is 1.35. The number of likely N-dealkylation sites (tertiary alicyclic amines) is 1. The summed E-state index contributed by atoms with van der Waals surface area (Å²) in [6.07, 6.45) is 2.66. The molecule has 1 heterocycles. The fourth-order valence-electron chi connectivity index (χ4n) is 5.78. The van der Waals surface area contributed by atoms with Crippen molar-refractivity contribution in [3.63, 3.8) is 0 Å². The number of methoxy groups -OCH3 is 1. The highest BCUT2D eigenvalue weighted by Gasteiger charge is 2.50. The van der Waals surface area contributed by atoms with Crippen molar-refractivity contribution < 1.29 is 28.2 Å². The lowest BCUT2D eigenvalue weighted by Gasteiger charge is -2.47. The second-order valence-corrected chi connectivity index (χ2v) is 11.0. The van der Waals surface area contributed by atoms with E-state index in [9.17, 15) is 18.8 Å². The van der Waals surface area contributed by atoms with Gasteiger partial charge in [-0.05, 0) is 82.2 Å². The Kier molecular flexibility index (Phi) is 7.57. The second-order valence-electron chi connectivity index (χ2n) is 11.0. The predicted octanol–water partition coefficient (Wildman–Crippen LogP) is 6.03. The van der Waals surface area contributed by atoms with Crippen molar-refractivity contribution in [3.8, 4) is 0 Å². The lowest BCUT2D eigenvalue weighted by molar-refractivity contribution is -0.151. The SMILES string of the molecule is COC(=O)C1CC2CCCC2N(C(=O)c2c(C)cccc2F)C1c1ccc(NC(=O)OC(C)(C)C)cc1. The maximum Gasteiger partial charge on any atom is 0.412 e. The number of hydrogen-bond acceptors (Lipinski definition) is 5. The summed E-state index contributed by atoms with van der Waals surface area (Å²) in [5.74, 6) is -1.83. The maximum absolute atomic E-state index is 15.0. The third-order valence-electron chi connectivity index (χ3n) is 7.29. The first-order chi connectivity index (χ1) is 17.5. The van der Waals surface area contributed by atoms with Crippen molar-refractivity contribution >= 4 is 23.7 Å². The number of esters is 1. The summed E-state index contributed by atoms with van der Waals surface area (Å²) < 4.78 is 25.4. The standard InChI is InChI=1S/C29H35FN2O5/c1-17-8-6-10-22(30)24(17)26(33)32-23-11-7-9-19(23)16-21(27(34)36-5)25(32)18-12-14-20(15-13-18)31-28(35)37-29(2,3)4/h6,8,10,12-15,19,21,23,25H,7,9,11,16H2,1-5H3,(H,31,35). The van der Waals surface area contributed by atoms with Gasteiger partial charge in [0.25, 0.3) is 5.91 Å². The number of anilines is 1. The Morgan fingerprint density at radius 2 is 1.76 bits per heavy atom. The van der Waals surface area contributed by atoms with E-state index < -0.39 is 41.3 Å². The maximum atomic E-state index is 15.0. The van der Waals surface area contributed by atoms with Crippen LogP contribution in [0.3, 0.4) is 0 Å². The highest BCUT2D eigenvalue weighted by molar-refractivity contribution is 5.97. The van der Waals surface area contributed by atoms with Gasteiger partial charge in [-0.15, -0.1) is 0 Å². The average molecular weight is 511 g/mol. The van der Waals surface area contributed by atoms with Gasteiger partial charge in [-0.1, -0.05) is 30.7 Å². The molecule has 0 aromatic heterocycles. The molecule has 1 aliphatic heterocycles. The topological polar surface area (TPSA) is 84.9 Å². The number of hydrogen-bond donors (Lipinski definition) is 1. The van der Waals surface area contributed by atoms with E-state index in [0.29, 0.717) is 17.7 Å². The Bertz CT molecular complexity index is 1150. The Morgan fingerprint density at radius 3 is 2.38 bits per heavy atom. The highest BCUT2D eigenvalue weighted by Crippen LogP contribution is 2.49. The number of halogens is 1. The molecule has 4 unspecified atom stereocenters. The number of ether oxygens (including phenoxy) is 2. The van der Waals surface area contributed by atoms with Crippen molar-refractivity contribution in [1.82, 2.24) is 4.90 Å². The largest absolute Gasteiger partial charge is 0.469 e. The number of piperidine rings is 1. The smallest absolute Gasteiger partial charge is 0.412 e. The molecule has 2 fully saturated rings. The van der Waals surface area contributed by atoms with Gasteiger partial charge < -0.3 is 14.4 Å². The zero-order valence-electron chi connectivity index (χ0n) is 22.0. The molecule has 2 aliphatic rings. The minimum absolute atomic E-state index is 0.0341. The highest BCUT2D eigenvalue weighted by atomic mass is 19.1. The molecule has 1 saturated carbocycles. The van der Waals surface area contributed by atoms with Gasteiger partial charge in [-0.25, -0.2) is 9.18 Å². The van der Waals surface area contributed by atoms with E-state index in [2.05, 4.69) is 5.32 Å². The molecule has 4 atom stereocenters. The number of nitrogens with zero attached hydrogens (tertiary/aromatic N) is 1. The van der Waals surface area contributed by atoms with Crippen molar-refractivity contribution in [2.75, 3.05) is 12.4 Å². The molecule has 0 bridgehead atoms. The number of fused-ring (bicyclic) bond motifs is 1. The zero-order chi connectivity index (χ0) is 26.9. The molecule has 2 amide bonds. The van der Waals surface area contributed by atoms with Crippen LogP contribution in [0.5, 0.6) is 0 Å². The van der Waals surface area contributed by atoms with E-state index in [4.69, 9.17) is 9.47 Å². The van der Waals surface area contributed by atoms with Gasteiger partial charge in [0.15, 0.2) is 0 Å². The summed E-state index contributed by atoms with van der Waals surface area (Å²) in [6, 6.07) is 10.9. The molecule has 4 rings (SSSR count). The molecule has 0 radical (unpaired) electrons. The molecule has 7 nitrogen and oxygen atoms in total. The van der Waals surface area contributed by atoms with E-state index in [0.717, 1.165) is 24.8 Å². The van der Waals surface area contributed by atoms with Crippen molar-refractivity contribution in [2.24, 2.45) is 11.8 Å². The summed E-state index contributed by atoms with van der Waals surface area (Å²) in [5.41, 5.74) is 1.19.